The Labute approximate surface area is 107 Å². The average molecular weight is 241 g/mol. The predicted molar refractivity (Wildman–Crippen MR) is 73.8 cm³/mol. The summed E-state index contributed by atoms with van der Waals surface area (Å²) >= 11 is 0. The van der Waals surface area contributed by atoms with E-state index >= 15 is 0 Å². The van der Waals surface area contributed by atoms with Crippen LogP contribution in [-0.4, -0.2) is 4.98 Å². The lowest BCUT2D eigenvalue weighted by atomic mass is 9.89. The van der Waals surface area contributed by atoms with Crippen LogP contribution in [0.25, 0.3) is 10.8 Å². The molecule has 1 atom stereocenters. The molecule has 94 valence electrons. The average Bonchev–Trinajstić information content (AvgIpc) is 2.94. The number of hydrazine groups is 1. The summed E-state index contributed by atoms with van der Waals surface area (Å²) in [6, 6.07) is 8.74. The zero-order valence-electron chi connectivity index (χ0n) is 10.5. The number of nitrogens with zero attached hydrogens (tertiary/aromatic N) is 1. The van der Waals surface area contributed by atoms with E-state index in [1.807, 2.05) is 12.4 Å². The van der Waals surface area contributed by atoms with Gasteiger partial charge in [0.05, 0.1) is 0 Å². The van der Waals surface area contributed by atoms with Gasteiger partial charge in [0.1, 0.15) is 0 Å². The summed E-state index contributed by atoms with van der Waals surface area (Å²) in [6.45, 7) is 0. The van der Waals surface area contributed by atoms with Gasteiger partial charge in [-0.3, -0.25) is 16.3 Å². The molecule has 2 aromatic rings. The molecule has 3 rings (SSSR count). The van der Waals surface area contributed by atoms with Crippen LogP contribution in [0.2, 0.25) is 0 Å². The zero-order chi connectivity index (χ0) is 12.4. The maximum Gasteiger partial charge on any atom is 0.0494 e. The fraction of sp³-hybridized carbons (Fsp3) is 0.400. The summed E-state index contributed by atoms with van der Waals surface area (Å²) < 4.78 is 0. The van der Waals surface area contributed by atoms with E-state index in [1.54, 1.807) is 0 Å². The fourth-order valence-corrected chi connectivity index (χ4v) is 3.19. The Hall–Kier alpha value is -1.45. The Morgan fingerprint density at radius 1 is 1.22 bits per heavy atom. The molecule has 1 aromatic carbocycles. The van der Waals surface area contributed by atoms with Gasteiger partial charge in [0.25, 0.3) is 0 Å². The van der Waals surface area contributed by atoms with E-state index in [2.05, 4.69) is 34.7 Å². The van der Waals surface area contributed by atoms with E-state index in [4.69, 9.17) is 5.84 Å². The van der Waals surface area contributed by atoms with Crippen molar-refractivity contribution in [1.82, 2.24) is 10.4 Å². The van der Waals surface area contributed by atoms with Gasteiger partial charge >= 0.3 is 0 Å². The molecule has 1 fully saturated rings. The molecule has 1 saturated carbocycles. The number of fused-ring (bicyclic) bond motifs is 1. The molecule has 0 aliphatic heterocycles. The van der Waals surface area contributed by atoms with Crippen LogP contribution in [0.1, 0.15) is 37.3 Å². The highest BCUT2D eigenvalue weighted by molar-refractivity contribution is 5.85. The van der Waals surface area contributed by atoms with Gasteiger partial charge in [-0.2, -0.15) is 0 Å². The standard InChI is InChI=1S/C15H19N3/c16-18-15(11-4-1-2-5-11)14-7-3-6-12-10-17-9-8-13(12)14/h3,6-11,15,18H,1-2,4-5,16H2. The van der Waals surface area contributed by atoms with Crippen molar-refractivity contribution in [3.05, 3.63) is 42.2 Å². The lowest BCUT2D eigenvalue weighted by Gasteiger charge is -2.24. The van der Waals surface area contributed by atoms with Crippen LogP contribution in [0.15, 0.2) is 36.7 Å². The monoisotopic (exact) mass is 241 g/mol. The first-order valence-corrected chi connectivity index (χ1v) is 6.69. The Morgan fingerprint density at radius 2 is 2.06 bits per heavy atom. The minimum absolute atomic E-state index is 0.263. The second kappa shape index (κ2) is 5.04. The number of rotatable bonds is 3. The minimum Gasteiger partial charge on any atom is -0.271 e. The van der Waals surface area contributed by atoms with Crippen molar-refractivity contribution in [2.45, 2.75) is 31.7 Å². The number of benzene rings is 1. The Balaban J connectivity index is 2.06. The molecule has 1 aliphatic rings. The largest absolute Gasteiger partial charge is 0.271 e. The smallest absolute Gasteiger partial charge is 0.0494 e. The lowest BCUT2D eigenvalue weighted by Crippen LogP contribution is -2.32. The van der Waals surface area contributed by atoms with Crippen molar-refractivity contribution in [2.24, 2.45) is 11.8 Å². The Bertz CT molecular complexity index is 527. The van der Waals surface area contributed by atoms with Gasteiger partial charge in [0, 0.05) is 23.8 Å². The van der Waals surface area contributed by atoms with Crippen molar-refractivity contribution in [2.75, 3.05) is 0 Å². The second-order valence-electron chi connectivity index (χ2n) is 5.13. The Kier molecular flexibility index (Phi) is 3.26. The van der Waals surface area contributed by atoms with Crippen LogP contribution in [-0.2, 0) is 0 Å². The quantitative estimate of drug-likeness (QED) is 0.641. The SMILES string of the molecule is NNC(c1cccc2cnccc12)C1CCCC1. The van der Waals surface area contributed by atoms with Crippen LogP contribution in [0.5, 0.6) is 0 Å². The molecule has 18 heavy (non-hydrogen) atoms. The predicted octanol–water partition coefficient (Wildman–Crippen LogP) is 2.93. The summed E-state index contributed by atoms with van der Waals surface area (Å²) in [5.41, 5.74) is 4.34. The van der Waals surface area contributed by atoms with Crippen LogP contribution in [0.4, 0.5) is 0 Å². The summed E-state index contributed by atoms with van der Waals surface area (Å²) in [6.07, 6.45) is 8.98. The van der Waals surface area contributed by atoms with E-state index in [-0.39, 0.29) is 6.04 Å². The van der Waals surface area contributed by atoms with Crippen molar-refractivity contribution >= 4 is 10.8 Å². The van der Waals surface area contributed by atoms with Gasteiger partial charge in [-0.1, -0.05) is 31.0 Å². The molecule has 3 N–H and O–H groups in total. The first-order chi connectivity index (χ1) is 8.90. The lowest BCUT2D eigenvalue weighted by molar-refractivity contribution is 0.375. The molecule has 0 bridgehead atoms. The van der Waals surface area contributed by atoms with Gasteiger partial charge in [0.15, 0.2) is 0 Å². The summed E-state index contributed by atoms with van der Waals surface area (Å²) in [5.74, 6) is 6.47. The number of nitrogens with one attached hydrogen (secondary N) is 1. The molecule has 1 aromatic heterocycles. The van der Waals surface area contributed by atoms with Gasteiger partial charge in [-0.15, -0.1) is 0 Å². The minimum atomic E-state index is 0.263. The van der Waals surface area contributed by atoms with Gasteiger partial charge in [-0.05, 0) is 35.8 Å². The van der Waals surface area contributed by atoms with E-state index < -0.39 is 0 Å². The molecular weight excluding hydrogens is 222 g/mol. The number of pyridine rings is 1. The van der Waals surface area contributed by atoms with E-state index in [0.29, 0.717) is 5.92 Å². The maximum absolute atomic E-state index is 5.81. The second-order valence-corrected chi connectivity index (χ2v) is 5.13. The van der Waals surface area contributed by atoms with Crippen molar-refractivity contribution in [3.63, 3.8) is 0 Å². The summed E-state index contributed by atoms with van der Waals surface area (Å²) in [4.78, 5) is 4.19. The molecule has 1 aliphatic carbocycles. The molecule has 0 spiro atoms. The van der Waals surface area contributed by atoms with Crippen LogP contribution >= 0.6 is 0 Å². The normalized spacial score (nSPS) is 18.3. The molecule has 3 nitrogen and oxygen atoms in total. The van der Waals surface area contributed by atoms with Gasteiger partial charge in [0.2, 0.25) is 0 Å². The molecule has 0 amide bonds. The molecule has 1 unspecified atom stereocenters. The molecule has 0 radical (unpaired) electrons. The topological polar surface area (TPSA) is 50.9 Å². The highest BCUT2D eigenvalue weighted by Gasteiger charge is 2.26. The van der Waals surface area contributed by atoms with Gasteiger partial charge < -0.3 is 0 Å². The van der Waals surface area contributed by atoms with Crippen LogP contribution < -0.4 is 11.3 Å². The van der Waals surface area contributed by atoms with E-state index in [9.17, 15) is 0 Å². The number of aromatic nitrogens is 1. The molecular formula is C15H19N3. The van der Waals surface area contributed by atoms with E-state index in [1.165, 1.54) is 42.0 Å². The zero-order valence-corrected chi connectivity index (χ0v) is 10.5. The van der Waals surface area contributed by atoms with Crippen molar-refractivity contribution < 1.29 is 0 Å². The van der Waals surface area contributed by atoms with E-state index in [0.717, 1.165) is 0 Å². The molecule has 1 heterocycles. The molecule has 0 saturated heterocycles. The number of hydrogen-bond donors (Lipinski definition) is 2. The van der Waals surface area contributed by atoms with Crippen molar-refractivity contribution in [1.29, 1.82) is 0 Å². The third-order valence-electron chi connectivity index (χ3n) is 4.10. The van der Waals surface area contributed by atoms with Crippen LogP contribution in [0, 0.1) is 5.92 Å². The highest BCUT2D eigenvalue weighted by Crippen LogP contribution is 2.37. The number of nitrogens with two attached hydrogens (primary N) is 1. The third-order valence-corrected chi connectivity index (χ3v) is 4.10. The third kappa shape index (κ3) is 2.00. The fourth-order valence-electron chi connectivity index (χ4n) is 3.19. The maximum atomic E-state index is 5.81. The summed E-state index contributed by atoms with van der Waals surface area (Å²) in [5, 5.41) is 2.45. The number of hydrogen-bond acceptors (Lipinski definition) is 3. The van der Waals surface area contributed by atoms with Crippen molar-refractivity contribution in [3.8, 4) is 0 Å². The van der Waals surface area contributed by atoms with Crippen LogP contribution in [0.3, 0.4) is 0 Å². The summed E-state index contributed by atoms with van der Waals surface area (Å²) in [7, 11) is 0. The first kappa shape index (κ1) is 11.6. The first-order valence-electron chi connectivity index (χ1n) is 6.69. The Morgan fingerprint density at radius 3 is 2.83 bits per heavy atom. The molecule has 3 heteroatoms. The highest BCUT2D eigenvalue weighted by atomic mass is 15.2. The van der Waals surface area contributed by atoms with Gasteiger partial charge in [-0.25, -0.2) is 0 Å².